The van der Waals surface area contributed by atoms with Crippen LogP contribution in [0, 0.1) is 13.8 Å². The van der Waals surface area contributed by atoms with Gasteiger partial charge in [0, 0.05) is 24.5 Å². The lowest BCUT2D eigenvalue weighted by molar-refractivity contribution is 0.0690. The third kappa shape index (κ3) is 2.49. The summed E-state index contributed by atoms with van der Waals surface area (Å²) in [5.74, 6) is -0.938. The standard InChI is InChI=1S/C13H15N3O4S/c1-8-11(13(17)18)15-9(2)12(8)21(19,20)16(3)10-6-4-5-7-14-10/h4-7,15H,1-3H3,(H,17,18). The maximum atomic E-state index is 12.7. The van der Waals surface area contributed by atoms with Crippen LogP contribution in [0.25, 0.3) is 0 Å². The van der Waals surface area contributed by atoms with Crippen molar-refractivity contribution in [1.82, 2.24) is 9.97 Å². The second-order valence-corrected chi connectivity index (χ2v) is 6.45. The van der Waals surface area contributed by atoms with E-state index in [1.165, 1.54) is 27.1 Å². The van der Waals surface area contributed by atoms with Crippen LogP contribution in [0.2, 0.25) is 0 Å². The van der Waals surface area contributed by atoms with E-state index in [0.717, 1.165) is 4.31 Å². The highest BCUT2D eigenvalue weighted by atomic mass is 32.2. The fourth-order valence-corrected chi connectivity index (χ4v) is 3.69. The highest BCUT2D eigenvalue weighted by Crippen LogP contribution is 2.27. The molecule has 0 saturated heterocycles. The van der Waals surface area contributed by atoms with E-state index in [0.29, 0.717) is 0 Å². The molecular formula is C13H15N3O4S. The van der Waals surface area contributed by atoms with E-state index in [1.807, 2.05) is 0 Å². The van der Waals surface area contributed by atoms with E-state index in [2.05, 4.69) is 9.97 Å². The van der Waals surface area contributed by atoms with E-state index in [1.54, 1.807) is 18.2 Å². The van der Waals surface area contributed by atoms with Crippen LogP contribution < -0.4 is 4.31 Å². The summed E-state index contributed by atoms with van der Waals surface area (Å²) >= 11 is 0. The molecule has 0 aliphatic rings. The maximum absolute atomic E-state index is 12.7. The van der Waals surface area contributed by atoms with Crippen LogP contribution in [-0.4, -0.2) is 36.5 Å². The molecule has 0 bridgehead atoms. The lowest BCUT2D eigenvalue weighted by Gasteiger charge is -2.18. The minimum Gasteiger partial charge on any atom is -0.477 e. The smallest absolute Gasteiger partial charge is 0.352 e. The van der Waals surface area contributed by atoms with Crippen molar-refractivity contribution in [1.29, 1.82) is 0 Å². The molecule has 2 heterocycles. The molecule has 2 rings (SSSR count). The average molecular weight is 309 g/mol. The van der Waals surface area contributed by atoms with Gasteiger partial charge in [-0.25, -0.2) is 18.2 Å². The van der Waals surface area contributed by atoms with Gasteiger partial charge in [0.15, 0.2) is 0 Å². The van der Waals surface area contributed by atoms with Crippen molar-refractivity contribution < 1.29 is 18.3 Å². The number of carboxylic acid groups (broad SMARTS) is 1. The Labute approximate surface area is 122 Å². The number of hydrogen-bond acceptors (Lipinski definition) is 4. The molecule has 112 valence electrons. The zero-order chi connectivity index (χ0) is 15.8. The Kier molecular flexibility index (Phi) is 3.73. The zero-order valence-corrected chi connectivity index (χ0v) is 12.6. The minimum atomic E-state index is -3.89. The van der Waals surface area contributed by atoms with Gasteiger partial charge in [-0.1, -0.05) is 6.07 Å². The first-order valence-electron chi connectivity index (χ1n) is 6.09. The number of pyridine rings is 1. The zero-order valence-electron chi connectivity index (χ0n) is 11.8. The lowest BCUT2D eigenvalue weighted by atomic mass is 10.2. The summed E-state index contributed by atoms with van der Waals surface area (Å²) in [5.41, 5.74) is 0.343. The Hall–Kier alpha value is -2.35. The van der Waals surface area contributed by atoms with Gasteiger partial charge < -0.3 is 10.1 Å². The van der Waals surface area contributed by atoms with Gasteiger partial charge in [0.25, 0.3) is 10.0 Å². The van der Waals surface area contributed by atoms with Crippen LogP contribution in [0.1, 0.15) is 21.7 Å². The first-order valence-corrected chi connectivity index (χ1v) is 7.53. The number of aromatic nitrogens is 2. The molecule has 8 heteroatoms. The van der Waals surface area contributed by atoms with Gasteiger partial charge in [-0.2, -0.15) is 0 Å². The summed E-state index contributed by atoms with van der Waals surface area (Å²) < 4.78 is 26.4. The number of nitrogens with zero attached hydrogens (tertiary/aromatic N) is 2. The fraction of sp³-hybridized carbons (Fsp3) is 0.231. The Bertz CT molecular complexity index is 781. The third-order valence-electron chi connectivity index (χ3n) is 3.17. The number of carboxylic acids is 1. The molecule has 2 N–H and O–H groups in total. The molecular weight excluding hydrogens is 294 g/mol. The Morgan fingerprint density at radius 2 is 2.00 bits per heavy atom. The van der Waals surface area contributed by atoms with E-state index < -0.39 is 16.0 Å². The number of nitrogens with one attached hydrogen (secondary N) is 1. The van der Waals surface area contributed by atoms with E-state index >= 15 is 0 Å². The number of carbonyl (C=O) groups is 1. The number of aromatic amines is 1. The molecule has 21 heavy (non-hydrogen) atoms. The van der Waals surface area contributed by atoms with Crippen LogP contribution in [0.5, 0.6) is 0 Å². The van der Waals surface area contributed by atoms with Gasteiger partial charge in [-0.15, -0.1) is 0 Å². The average Bonchev–Trinajstić information content (AvgIpc) is 2.74. The Balaban J connectivity index is 2.58. The van der Waals surface area contributed by atoms with Gasteiger partial charge in [-0.05, 0) is 26.0 Å². The van der Waals surface area contributed by atoms with Crippen molar-refractivity contribution in [2.75, 3.05) is 11.4 Å². The topological polar surface area (TPSA) is 103 Å². The summed E-state index contributed by atoms with van der Waals surface area (Å²) in [5, 5.41) is 9.07. The van der Waals surface area contributed by atoms with Crippen LogP contribution >= 0.6 is 0 Å². The number of rotatable bonds is 4. The predicted molar refractivity (Wildman–Crippen MR) is 77.1 cm³/mol. The van der Waals surface area contributed by atoms with Crippen LogP contribution in [0.15, 0.2) is 29.3 Å². The molecule has 0 aliphatic carbocycles. The number of aryl methyl sites for hydroxylation is 1. The minimum absolute atomic E-state index is 0.0342. The summed E-state index contributed by atoms with van der Waals surface area (Å²) in [4.78, 5) is 17.7. The summed E-state index contributed by atoms with van der Waals surface area (Å²) in [7, 11) is -2.51. The Morgan fingerprint density at radius 1 is 1.33 bits per heavy atom. The predicted octanol–water partition coefficient (Wildman–Crippen LogP) is 1.55. The van der Waals surface area contributed by atoms with Crippen molar-refractivity contribution in [3.05, 3.63) is 41.3 Å². The van der Waals surface area contributed by atoms with E-state index in [-0.39, 0.29) is 27.7 Å². The molecule has 0 fully saturated rings. The van der Waals surface area contributed by atoms with Gasteiger partial charge in [0.1, 0.15) is 16.4 Å². The highest BCUT2D eigenvalue weighted by Gasteiger charge is 2.30. The molecule has 0 amide bonds. The van der Waals surface area contributed by atoms with Gasteiger partial charge in [-0.3, -0.25) is 4.31 Å². The van der Waals surface area contributed by atoms with Crippen molar-refractivity contribution in [3.8, 4) is 0 Å². The number of sulfonamides is 1. The molecule has 2 aromatic heterocycles. The lowest BCUT2D eigenvalue weighted by Crippen LogP contribution is -2.28. The summed E-state index contributed by atoms with van der Waals surface area (Å²) in [6.07, 6.45) is 1.49. The first kappa shape index (κ1) is 15.0. The SMILES string of the molecule is Cc1[nH]c(C(=O)O)c(C)c1S(=O)(=O)N(C)c1ccccn1. The second kappa shape index (κ2) is 5.21. The van der Waals surface area contributed by atoms with E-state index in [9.17, 15) is 13.2 Å². The highest BCUT2D eigenvalue weighted by molar-refractivity contribution is 7.92. The van der Waals surface area contributed by atoms with Crippen LogP contribution in [0.4, 0.5) is 5.82 Å². The molecule has 2 aromatic rings. The van der Waals surface area contributed by atoms with Gasteiger partial charge in [0.05, 0.1) is 0 Å². The van der Waals surface area contributed by atoms with Crippen molar-refractivity contribution >= 4 is 21.8 Å². The molecule has 0 radical (unpaired) electrons. The van der Waals surface area contributed by atoms with Crippen LogP contribution in [0.3, 0.4) is 0 Å². The van der Waals surface area contributed by atoms with Crippen molar-refractivity contribution in [2.24, 2.45) is 0 Å². The monoisotopic (exact) mass is 309 g/mol. The second-order valence-electron chi connectivity index (χ2n) is 4.54. The molecule has 0 aromatic carbocycles. The summed E-state index contributed by atoms with van der Waals surface area (Å²) in [6.45, 7) is 2.99. The van der Waals surface area contributed by atoms with Crippen molar-refractivity contribution in [3.63, 3.8) is 0 Å². The molecule has 0 spiro atoms. The number of anilines is 1. The quantitative estimate of drug-likeness (QED) is 0.892. The number of hydrogen-bond donors (Lipinski definition) is 2. The first-order chi connectivity index (χ1) is 9.76. The third-order valence-corrected chi connectivity index (χ3v) is 5.21. The molecule has 0 atom stereocenters. The Morgan fingerprint density at radius 3 is 2.48 bits per heavy atom. The maximum Gasteiger partial charge on any atom is 0.352 e. The number of H-pyrrole nitrogens is 1. The fourth-order valence-electron chi connectivity index (χ4n) is 2.13. The molecule has 7 nitrogen and oxygen atoms in total. The van der Waals surface area contributed by atoms with Gasteiger partial charge >= 0.3 is 5.97 Å². The largest absolute Gasteiger partial charge is 0.477 e. The molecule has 0 unspecified atom stereocenters. The van der Waals surface area contributed by atoms with E-state index in [4.69, 9.17) is 5.11 Å². The molecule has 0 saturated carbocycles. The summed E-state index contributed by atoms with van der Waals surface area (Å²) in [6, 6.07) is 4.92. The molecule has 0 aliphatic heterocycles. The van der Waals surface area contributed by atoms with Crippen LogP contribution in [-0.2, 0) is 10.0 Å². The van der Waals surface area contributed by atoms with Gasteiger partial charge in [0.2, 0.25) is 0 Å². The number of aromatic carboxylic acids is 1. The normalized spacial score (nSPS) is 11.4. The van der Waals surface area contributed by atoms with Crippen molar-refractivity contribution in [2.45, 2.75) is 18.7 Å².